The number of morpholine rings is 1. The summed E-state index contributed by atoms with van der Waals surface area (Å²) in [4.78, 5) is 10.8. The Kier molecular flexibility index (Phi) is 4.91. The Morgan fingerprint density at radius 2 is 2.39 bits per heavy atom. The summed E-state index contributed by atoms with van der Waals surface area (Å²) >= 11 is 1.58. The Balaban J connectivity index is 1.87. The molecule has 1 aromatic heterocycles. The number of hydrogen-bond acceptors (Lipinski definition) is 5. The number of aliphatic imine (C=N–C) groups is 1. The first-order chi connectivity index (χ1) is 8.79. The summed E-state index contributed by atoms with van der Waals surface area (Å²) < 4.78 is 10.3. The molecular weight excluding hydrogens is 252 g/mol. The Morgan fingerprint density at radius 3 is 3.11 bits per heavy atom. The van der Waals surface area contributed by atoms with E-state index in [4.69, 9.17) is 15.2 Å². The summed E-state index contributed by atoms with van der Waals surface area (Å²) in [5, 5.41) is 2.96. The summed E-state index contributed by atoms with van der Waals surface area (Å²) in [6, 6.07) is 0. The van der Waals surface area contributed by atoms with E-state index in [0.717, 1.165) is 23.8 Å². The van der Waals surface area contributed by atoms with Crippen LogP contribution < -0.4 is 5.73 Å². The Morgan fingerprint density at radius 1 is 1.61 bits per heavy atom. The van der Waals surface area contributed by atoms with Crippen molar-refractivity contribution in [2.45, 2.75) is 13.2 Å². The van der Waals surface area contributed by atoms with Crippen LogP contribution >= 0.6 is 11.3 Å². The van der Waals surface area contributed by atoms with Crippen LogP contribution in [0.5, 0.6) is 0 Å². The summed E-state index contributed by atoms with van der Waals surface area (Å²) in [7, 11) is 1.66. The lowest BCUT2D eigenvalue weighted by atomic mass is 10.4. The predicted molar refractivity (Wildman–Crippen MR) is 70.5 cm³/mol. The van der Waals surface area contributed by atoms with Crippen molar-refractivity contribution >= 4 is 17.3 Å². The summed E-state index contributed by atoms with van der Waals surface area (Å²) in [6.45, 7) is 4.11. The van der Waals surface area contributed by atoms with Gasteiger partial charge in [0.2, 0.25) is 0 Å². The number of hydrogen-bond donors (Lipinski definition) is 1. The zero-order valence-electron chi connectivity index (χ0n) is 10.5. The third-order valence-corrected chi connectivity index (χ3v) is 3.48. The molecule has 0 bridgehead atoms. The number of rotatable bonds is 4. The van der Waals surface area contributed by atoms with Gasteiger partial charge >= 0.3 is 0 Å². The van der Waals surface area contributed by atoms with E-state index in [1.54, 1.807) is 18.4 Å². The number of guanidine groups is 1. The number of ether oxygens (including phenoxy) is 2. The van der Waals surface area contributed by atoms with E-state index in [0.29, 0.717) is 32.3 Å². The molecule has 1 aromatic rings. The number of nitrogens with zero attached hydrogens (tertiary/aromatic N) is 3. The van der Waals surface area contributed by atoms with E-state index in [1.807, 2.05) is 10.3 Å². The predicted octanol–water partition coefficient (Wildman–Crippen LogP) is 0.436. The summed E-state index contributed by atoms with van der Waals surface area (Å²) in [5.74, 6) is 0.569. The molecule has 2 heterocycles. The van der Waals surface area contributed by atoms with E-state index in [1.165, 1.54) is 0 Å². The zero-order chi connectivity index (χ0) is 12.8. The molecule has 2 N–H and O–H groups in total. The molecule has 0 amide bonds. The second-order valence-corrected chi connectivity index (χ2v) is 4.88. The molecule has 1 fully saturated rings. The molecule has 0 saturated carbocycles. The summed E-state index contributed by atoms with van der Waals surface area (Å²) in [5.41, 5.74) is 6.87. The van der Waals surface area contributed by atoms with Crippen molar-refractivity contribution in [3.63, 3.8) is 0 Å². The van der Waals surface area contributed by atoms with Crippen molar-refractivity contribution in [1.29, 1.82) is 0 Å². The van der Waals surface area contributed by atoms with Crippen molar-refractivity contribution in [2.75, 3.05) is 33.4 Å². The van der Waals surface area contributed by atoms with Crippen LogP contribution in [0.15, 0.2) is 10.4 Å². The largest absolute Gasteiger partial charge is 0.378 e. The van der Waals surface area contributed by atoms with Gasteiger partial charge in [0.15, 0.2) is 5.96 Å². The Bertz CT molecular complexity index is 402. The number of thiazole rings is 1. The van der Waals surface area contributed by atoms with E-state index < -0.39 is 0 Å². The number of aromatic nitrogens is 1. The van der Waals surface area contributed by atoms with Crippen LogP contribution in [0.1, 0.15) is 10.7 Å². The van der Waals surface area contributed by atoms with Gasteiger partial charge in [-0.2, -0.15) is 0 Å². The zero-order valence-corrected chi connectivity index (χ0v) is 11.3. The fraction of sp³-hybridized carbons (Fsp3) is 0.636. The average Bonchev–Trinajstić information content (AvgIpc) is 2.85. The summed E-state index contributed by atoms with van der Waals surface area (Å²) in [6.07, 6.45) is 0. The number of methoxy groups -OCH3 is 1. The topological polar surface area (TPSA) is 73.0 Å². The molecular formula is C11H18N4O2S. The Labute approximate surface area is 110 Å². The highest BCUT2D eigenvalue weighted by atomic mass is 32.1. The van der Waals surface area contributed by atoms with Gasteiger partial charge in [-0.1, -0.05) is 0 Å². The molecule has 0 spiro atoms. The fourth-order valence-corrected chi connectivity index (χ4v) is 2.42. The van der Waals surface area contributed by atoms with Gasteiger partial charge < -0.3 is 20.1 Å². The fourth-order valence-electron chi connectivity index (χ4n) is 1.67. The normalized spacial score (nSPS) is 17.2. The van der Waals surface area contributed by atoms with Gasteiger partial charge in [0.25, 0.3) is 0 Å². The first-order valence-electron chi connectivity index (χ1n) is 5.84. The highest BCUT2D eigenvalue weighted by Gasteiger charge is 2.12. The molecule has 0 unspecified atom stereocenters. The standard InChI is InChI=1S/C11H18N4O2S/c1-16-7-10-14-9(8-18-10)6-13-11(12)15-2-4-17-5-3-15/h8H,2-7H2,1H3,(H2,12,13). The van der Waals surface area contributed by atoms with Crippen LogP contribution in [-0.2, 0) is 22.6 Å². The SMILES string of the molecule is COCc1nc(CN=C(N)N2CCOCC2)cs1. The van der Waals surface area contributed by atoms with Gasteiger partial charge in [0.05, 0.1) is 32.1 Å². The minimum Gasteiger partial charge on any atom is -0.378 e. The molecule has 0 atom stereocenters. The lowest BCUT2D eigenvalue weighted by molar-refractivity contribution is 0.0674. The van der Waals surface area contributed by atoms with Crippen LogP contribution in [-0.4, -0.2) is 49.3 Å². The number of nitrogens with two attached hydrogens (primary N) is 1. The second kappa shape index (κ2) is 6.67. The average molecular weight is 270 g/mol. The molecule has 18 heavy (non-hydrogen) atoms. The molecule has 1 aliphatic heterocycles. The smallest absolute Gasteiger partial charge is 0.191 e. The van der Waals surface area contributed by atoms with Crippen molar-refractivity contribution in [1.82, 2.24) is 9.88 Å². The van der Waals surface area contributed by atoms with E-state index in [-0.39, 0.29) is 0 Å². The van der Waals surface area contributed by atoms with Crippen LogP contribution in [0.25, 0.3) is 0 Å². The van der Waals surface area contributed by atoms with Crippen LogP contribution in [0.4, 0.5) is 0 Å². The monoisotopic (exact) mass is 270 g/mol. The van der Waals surface area contributed by atoms with Crippen LogP contribution in [0.3, 0.4) is 0 Å². The second-order valence-electron chi connectivity index (χ2n) is 3.94. The van der Waals surface area contributed by atoms with Crippen molar-refractivity contribution in [2.24, 2.45) is 10.7 Å². The molecule has 100 valence electrons. The lowest BCUT2D eigenvalue weighted by Gasteiger charge is -2.27. The molecule has 7 heteroatoms. The van der Waals surface area contributed by atoms with E-state index >= 15 is 0 Å². The van der Waals surface area contributed by atoms with Gasteiger partial charge in [-0.15, -0.1) is 11.3 Å². The molecule has 0 radical (unpaired) electrons. The highest BCUT2D eigenvalue weighted by molar-refractivity contribution is 7.09. The van der Waals surface area contributed by atoms with Crippen LogP contribution in [0, 0.1) is 0 Å². The van der Waals surface area contributed by atoms with Gasteiger partial charge in [0, 0.05) is 25.6 Å². The first-order valence-corrected chi connectivity index (χ1v) is 6.72. The van der Waals surface area contributed by atoms with Crippen molar-refractivity contribution in [3.8, 4) is 0 Å². The third-order valence-electron chi connectivity index (χ3n) is 2.61. The lowest BCUT2D eigenvalue weighted by Crippen LogP contribution is -2.44. The maximum atomic E-state index is 5.93. The first kappa shape index (κ1) is 13.3. The van der Waals surface area contributed by atoms with Gasteiger partial charge in [-0.05, 0) is 0 Å². The molecule has 0 aromatic carbocycles. The van der Waals surface area contributed by atoms with Crippen LogP contribution in [0.2, 0.25) is 0 Å². The third kappa shape index (κ3) is 3.66. The molecule has 1 saturated heterocycles. The molecule has 2 rings (SSSR count). The molecule has 1 aliphatic rings. The van der Waals surface area contributed by atoms with Crippen molar-refractivity contribution in [3.05, 3.63) is 16.1 Å². The van der Waals surface area contributed by atoms with Crippen molar-refractivity contribution < 1.29 is 9.47 Å². The minimum atomic E-state index is 0.517. The highest BCUT2D eigenvalue weighted by Crippen LogP contribution is 2.11. The Hall–Kier alpha value is -1.18. The maximum Gasteiger partial charge on any atom is 0.191 e. The van der Waals surface area contributed by atoms with Gasteiger partial charge in [-0.25, -0.2) is 9.98 Å². The van der Waals surface area contributed by atoms with Gasteiger partial charge in [0.1, 0.15) is 5.01 Å². The van der Waals surface area contributed by atoms with E-state index in [9.17, 15) is 0 Å². The quantitative estimate of drug-likeness (QED) is 0.635. The maximum absolute atomic E-state index is 5.93. The van der Waals surface area contributed by atoms with Gasteiger partial charge in [-0.3, -0.25) is 0 Å². The molecule has 6 nitrogen and oxygen atoms in total. The minimum absolute atomic E-state index is 0.517. The van der Waals surface area contributed by atoms with E-state index in [2.05, 4.69) is 9.98 Å². The molecule has 0 aliphatic carbocycles.